The lowest BCUT2D eigenvalue weighted by molar-refractivity contribution is -0.123. The molecule has 4 nitrogen and oxygen atoms in total. The van der Waals surface area contributed by atoms with Crippen molar-refractivity contribution in [3.05, 3.63) is 35.4 Å². The molecule has 2 atom stereocenters. The van der Waals surface area contributed by atoms with Crippen LogP contribution in [0.2, 0.25) is 0 Å². The zero-order chi connectivity index (χ0) is 15.9. The van der Waals surface area contributed by atoms with Gasteiger partial charge in [-0.15, -0.1) is 12.4 Å². The highest BCUT2D eigenvalue weighted by molar-refractivity contribution is 5.85. The van der Waals surface area contributed by atoms with E-state index in [2.05, 4.69) is 55.7 Å². The van der Waals surface area contributed by atoms with Crippen molar-refractivity contribution in [2.45, 2.75) is 45.7 Å². The molecule has 23 heavy (non-hydrogen) atoms. The maximum atomic E-state index is 12.3. The number of rotatable bonds is 6. The molecule has 0 radical (unpaired) electrons. The summed E-state index contributed by atoms with van der Waals surface area (Å²) in [5.74, 6) is 0.438. The van der Waals surface area contributed by atoms with Crippen molar-refractivity contribution in [1.82, 2.24) is 10.6 Å². The Kier molecular flexibility index (Phi) is 8.59. The summed E-state index contributed by atoms with van der Waals surface area (Å²) in [5, 5.41) is 6.50. The van der Waals surface area contributed by atoms with Crippen molar-refractivity contribution in [1.29, 1.82) is 0 Å². The molecule has 1 aromatic carbocycles. The Labute approximate surface area is 145 Å². The number of aryl methyl sites for hydroxylation is 1. The van der Waals surface area contributed by atoms with Gasteiger partial charge in [0.05, 0.1) is 19.3 Å². The van der Waals surface area contributed by atoms with Crippen molar-refractivity contribution >= 4 is 18.3 Å². The molecule has 1 heterocycles. The SMILES string of the molecule is CCc1ccc(C(NC(=O)CC2COCCN2)C(C)C)cc1.Cl. The lowest BCUT2D eigenvalue weighted by Crippen LogP contribution is -2.45. The van der Waals surface area contributed by atoms with Crippen LogP contribution < -0.4 is 10.6 Å². The minimum absolute atomic E-state index is 0. The third-order valence-electron chi connectivity index (χ3n) is 4.16. The molecule has 130 valence electrons. The van der Waals surface area contributed by atoms with Gasteiger partial charge < -0.3 is 15.4 Å². The Balaban J connectivity index is 0.00000264. The van der Waals surface area contributed by atoms with Crippen molar-refractivity contribution in [2.24, 2.45) is 5.92 Å². The van der Waals surface area contributed by atoms with Crippen LogP contribution in [0.4, 0.5) is 0 Å². The number of morpholine rings is 1. The fraction of sp³-hybridized carbons (Fsp3) is 0.611. The van der Waals surface area contributed by atoms with E-state index < -0.39 is 0 Å². The summed E-state index contributed by atoms with van der Waals surface area (Å²) in [4.78, 5) is 12.3. The molecule has 1 amide bonds. The molecule has 1 fully saturated rings. The molecule has 2 N–H and O–H groups in total. The van der Waals surface area contributed by atoms with Crippen molar-refractivity contribution in [3.63, 3.8) is 0 Å². The molecule has 1 aliphatic heterocycles. The molecule has 1 aliphatic rings. The quantitative estimate of drug-likeness (QED) is 0.837. The molecule has 2 unspecified atom stereocenters. The van der Waals surface area contributed by atoms with Crippen LogP contribution in [0.25, 0.3) is 0 Å². The van der Waals surface area contributed by atoms with Crippen LogP contribution in [0, 0.1) is 5.92 Å². The monoisotopic (exact) mass is 340 g/mol. The number of carbonyl (C=O) groups excluding carboxylic acids is 1. The third-order valence-corrected chi connectivity index (χ3v) is 4.16. The van der Waals surface area contributed by atoms with Crippen LogP contribution in [-0.4, -0.2) is 31.7 Å². The van der Waals surface area contributed by atoms with E-state index in [1.54, 1.807) is 0 Å². The van der Waals surface area contributed by atoms with Crippen molar-refractivity contribution in [2.75, 3.05) is 19.8 Å². The zero-order valence-electron chi connectivity index (χ0n) is 14.3. The van der Waals surface area contributed by atoms with Gasteiger partial charge in [-0.3, -0.25) is 4.79 Å². The average Bonchev–Trinajstić information content (AvgIpc) is 2.53. The van der Waals surface area contributed by atoms with Crippen LogP contribution in [0.1, 0.15) is 44.4 Å². The van der Waals surface area contributed by atoms with Gasteiger partial charge >= 0.3 is 0 Å². The van der Waals surface area contributed by atoms with Crippen molar-refractivity contribution in [3.8, 4) is 0 Å². The molecule has 2 rings (SSSR count). The highest BCUT2D eigenvalue weighted by atomic mass is 35.5. The van der Waals surface area contributed by atoms with E-state index in [4.69, 9.17) is 4.74 Å². The summed E-state index contributed by atoms with van der Waals surface area (Å²) in [6.45, 7) is 8.60. The van der Waals surface area contributed by atoms with Gasteiger partial charge in [0.2, 0.25) is 5.91 Å². The van der Waals surface area contributed by atoms with Gasteiger partial charge in [0.25, 0.3) is 0 Å². The first-order valence-corrected chi connectivity index (χ1v) is 8.29. The second-order valence-electron chi connectivity index (χ2n) is 6.31. The van der Waals surface area contributed by atoms with Gasteiger partial charge in [-0.05, 0) is 23.5 Å². The Morgan fingerprint density at radius 3 is 2.57 bits per heavy atom. The minimum Gasteiger partial charge on any atom is -0.378 e. The number of hydrogen-bond acceptors (Lipinski definition) is 3. The molecular formula is C18H29ClN2O2. The first-order chi connectivity index (χ1) is 10.6. The van der Waals surface area contributed by atoms with Crippen LogP contribution in [0.15, 0.2) is 24.3 Å². The smallest absolute Gasteiger partial charge is 0.222 e. The number of amides is 1. The van der Waals surface area contributed by atoms with Gasteiger partial charge in [-0.1, -0.05) is 45.0 Å². The predicted octanol–water partition coefficient (Wildman–Crippen LogP) is 2.86. The fourth-order valence-corrected chi connectivity index (χ4v) is 2.80. The summed E-state index contributed by atoms with van der Waals surface area (Å²) in [5.41, 5.74) is 2.49. The van der Waals surface area contributed by atoms with Crippen LogP contribution in [0.5, 0.6) is 0 Å². The van der Waals surface area contributed by atoms with E-state index in [-0.39, 0.29) is 30.4 Å². The van der Waals surface area contributed by atoms with E-state index in [1.165, 1.54) is 11.1 Å². The molecular weight excluding hydrogens is 312 g/mol. The Bertz CT molecular complexity index is 470. The minimum atomic E-state index is 0. The molecule has 0 aliphatic carbocycles. The Morgan fingerprint density at radius 1 is 1.35 bits per heavy atom. The second-order valence-corrected chi connectivity index (χ2v) is 6.31. The number of carbonyl (C=O) groups is 1. The second kappa shape index (κ2) is 9.91. The summed E-state index contributed by atoms with van der Waals surface area (Å²) in [7, 11) is 0. The third kappa shape index (κ3) is 6.13. The molecule has 5 heteroatoms. The standard InChI is InChI=1S/C18H28N2O2.ClH/c1-4-14-5-7-15(8-6-14)18(13(2)3)20-17(21)11-16-12-22-10-9-19-16;/h5-8,13,16,18-19H,4,9-12H2,1-3H3,(H,20,21);1H. The average molecular weight is 341 g/mol. The zero-order valence-corrected chi connectivity index (χ0v) is 15.1. The highest BCUT2D eigenvalue weighted by Crippen LogP contribution is 2.22. The van der Waals surface area contributed by atoms with Crippen LogP contribution in [-0.2, 0) is 16.0 Å². The largest absolute Gasteiger partial charge is 0.378 e. The molecule has 0 spiro atoms. The predicted molar refractivity (Wildman–Crippen MR) is 96.0 cm³/mol. The summed E-state index contributed by atoms with van der Waals surface area (Å²) < 4.78 is 5.40. The van der Waals surface area contributed by atoms with Gasteiger partial charge in [-0.2, -0.15) is 0 Å². The lowest BCUT2D eigenvalue weighted by atomic mass is 9.94. The molecule has 0 bridgehead atoms. The Morgan fingerprint density at radius 2 is 2.04 bits per heavy atom. The molecule has 1 saturated heterocycles. The Hall–Kier alpha value is -1.10. The molecule has 1 aromatic rings. The van der Waals surface area contributed by atoms with Crippen LogP contribution >= 0.6 is 12.4 Å². The van der Waals surface area contributed by atoms with Gasteiger partial charge in [0.1, 0.15) is 0 Å². The first kappa shape index (κ1) is 19.9. The normalized spacial score (nSPS) is 19.0. The number of benzene rings is 1. The lowest BCUT2D eigenvalue weighted by Gasteiger charge is -2.26. The van der Waals surface area contributed by atoms with Crippen LogP contribution in [0.3, 0.4) is 0 Å². The highest BCUT2D eigenvalue weighted by Gasteiger charge is 2.21. The number of hydrogen-bond donors (Lipinski definition) is 2. The van der Waals surface area contributed by atoms with E-state index in [9.17, 15) is 4.79 Å². The summed E-state index contributed by atoms with van der Waals surface area (Å²) >= 11 is 0. The van der Waals surface area contributed by atoms with Gasteiger partial charge in [0, 0.05) is 19.0 Å². The maximum Gasteiger partial charge on any atom is 0.222 e. The van der Waals surface area contributed by atoms with E-state index in [0.29, 0.717) is 18.9 Å². The van der Waals surface area contributed by atoms with Gasteiger partial charge in [-0.25, -0.2) is 0 Å². The van der Waals surface area contributed by atoms with E-state index in [1.807, 2.05) is 0 Å². The van der Waals surface area contributed by atoms with E-state index >= 15 is 0 Å². The molecule has 0 aromatic heterocycles. The maximum absolute atomic E-state index is 12.3. The number of ether oxygens (including phenoxy) is 1. The van der Waals surface area contributed by atoms with E-state index in [0.717, 1.165) is 19.6 Å². The van der Waals surface area contributed by atoms with Gasteiger partial charge in [0.15, 0.2) is 0 Å². The topological polar surface area (TPSA) is 50.4 Å². The summed E-state index contributed by atoms with van der Waals surface area (Å²) in [6, 6.07) is 8.74. The fourth-order valence-electron chi connectivity index (χ4n) is 2.80. The number of halogens is 1. The van der Waals surface area contributed by atoms with Crippen molar-refractivity contribution < 1.29 is 9.53 Å². The molecule has 0 saturated carbocycles. The number of nitrogens with one attached hydrogen (secondary N) is 2. The summed E-state index contributed by atoms with van der Waals surface area (Å²) in [6.07, 6.45) is 1.50. The first-order valence-electron chi connectivity index (χ1n) is 8.29.